The first kappa shape index (κ1) is 18.8. The Balaban J connectivity index is 0.000000647. The van der Waals surface area contributed by atoms with Gasteiger partial charge in [0.15, 0.2) is 10.8 Å². The molecule has 0 bridgehead atoms. The summed E-state index contributed by atoms with van der Waals surface area (Å²) in [4.78, 5) is 13.0. The zero-order valence-corrected chi connectivity index (χ0v) is 15.7. The maximum atomic E-state index is 4.76. The number of benzene rings is 2. The molecule has 1 heterocycles. The van der Waals surface area contributed by atoms with E-state index in [4.69, 9.17) is 20.2 Å². The predicted molar refractivity (Wildman–Crippen MR) is 99.0 cm³/mol. The van der Waals surface area contributed by atoms with Gasteiger partial charge >= 0.3 is 33.3 Å². The molecule has 0 aliphatic rings. The van der Waals surface area contributed by atoms with Crippen LogP contribution < -0.4 is 0 Å². The van der Waals surface area contributed by atoms with Gasteiger partial charge in [-0.15, -0.1) is 0 Å². The first-order chi connectivity index (χ1) is 11.8. The van der Waals surface area contributed by atoms with Gasteiger partial charge in [0.05, 0.1) is 23.8 Å². The van der Waals surface area contributed by atoms with Gasteiger partial charge in [0, 0.05) is 0 Å². The summed E-state index contributed by atoms with van der Waals surface area (Å²) in [6, 6.07) is 19.4. The van der Waals surface area contributed by atoms with Crippen molar-refractivity contribution in [2.45, 2.75) is 0 Å². The fraction of sp³-hybridized carbons (Fsp3) is 0. The number of hydrogen-bond donors (Lipinski definition) is 0. The van der Waals surface area contributed by atoms with E-state index in [1.807, 2.05) is 60.7 Å². The molecule has 0 radical (unpaired) electrons. The van der Waals surface area contributed by atoms with Crippen molar-refractivity contribution >= 4 is 55.5 Å². The van der Waals surface area contributed by atoms with Crippen molar-refractivity contribution in [3.05, 3.63) is 71.5 Å². The van der Waals surface area contributed by atoms with Crippen LogP contribution in [0.4, 0.5) is 11.4 Å². The molecule has 0 atom stereocenters. The summed E-state index contributed by atoms with van der Waals surface area (Å²) in [5.41, 5.74) is 1.78. The summed E-state index contributed by atoms with van der Waals surface area (Å²) in [5.74, 6) is 0.596. The Kier molecular flexibility index (Phi) is 8.66. The molecule has 0 spiro atoms. The summed E-state index contributed by atoms with van der Waals surface area (Å²) in [6.07, 6.45) is 3.37. The number of hydrogen-bond acceptors (Lipinski definition) is 5. The standard InChI is InChI=1S/C16H12N4S.2ClH.Fe/c1-3-7-13(8-4-1)17-11-15-19-16(21-20-15)12-18-14-9-5-2-6-10-14;;;/h1-12H;2*1H;/q;;;+2/p-2. The van der Waals surface area contributed by atoms with Crippen molar-refractivity contribution in [3.63, 3.8) is 0 Å². The first-order valence-corrected chi connectivity index (χ1v) is 10.5. The van der Waals surface area contributed by atoms with Crippen LogP contribution in [0.3, 0.4) is 0 Å². The molecule has 3 rings (SSSR count). The summed E-state index contributed by atoms with van der Waals surface area (Å²) in [7, 11) is 9.53. The predicted octanol–water partition coefficient (Wildman–Crippen LogP) is 5.42. The summed E-state index contributed by atoms with van der Waals surface area (Å²) < 4.78 is 4.23. The fourth-order valence-electron chi connectivity index (χ4n) is 1.64. The third kappa shape index (κ3) is 6.91. The first-order valence-electron chi connectivity index (χ1n) is 6.69. The van der Waals surface area contributed by atoms with Crippen LogP contribution in [0.15, 0.2) is 70.6 Å². The summed E-state index contributed by atoms with van der Waals surface area (Å²) >= 11 is 1.50. The average molecular weight is 419 g/mol. The van der Waals surface area contributed by atoms with Gasteiger partial charge in [-0.05, 0) is 35.8 Å². The van der Waals surface area contributed by atoms with Crippen molar-refractivity contribution in [2.24, 2.45) is 9.98 Å². The molecule has 0 unspecified atom stereocenters. The van der Waals surface area contributed by atoms with Crippen LogP contribution in [0, 0.1) is 0 Å². The monoisotopic (exact) mass is 418 g/mol. The van der Waals surface area contributed by atoms with E-state index in [9.17, 15) is 0 Å². The zero-order valence-electron chi connectivity index (χ0n) is 12.2. The zero-order chi connectivity index (χ0) is 17.0. The van der Waals surface area contributed by atoms with Gasteiger partial charge in [-0.3, -0.25) is 9.98 Å². The minimum atomic E-state index is 0.194. The topological polar surface area (TPSA) is 50.5 Å². The summed E-state index contributed by atoms with van der Waals surface area (Å²) in [6.45, 7) is 0. The van der Waals surface area contributed by atoms with E-state index in [1.165, 1.54) is 11.5 Å². The molecule has 2 aromatic carbocycles. The van der Waals surface area contributed by atoms with Gasteiger partial charge in [-0.25, -0.2) is 4.98 Å². The molecule has 0 aliphatic heterocycles. The van der Waals surface area contributed by atoms with Crippen LogP contribution in [0.2, 0.25) is 0 Å². The number of rotatable bonds is 4. The Labute approximate surface area is 159 Å². The van der Waals surface area contributed by atoms with Gasteiger partial charge in [0.1, 0.15) is 0 Å². The maximum absolute atomic E-state index is 4.76. The van der Waals surface area contributed by atoms with Crippen LogP contribution in [0.1, 0.15) is 10.8 Å². The van der Waals surface area contributed by atoms with Crippen molar-refractivity contribution < 1.29 is 13.1 Å². The molecular formula is C16H12Cl2FeN4S. The molecule has 0 saturated heterocycles. The van der Waals surface area contributed by atoms with Gasteiger partial charge < -0.3 is 0 Å². The third-order valence-electron chi connectivity index (χ3n) is 2.62. The second kappa shape index (κ2) is 11.1. The average Bonchev–Trinajstić information content (AvgIpc) is 3.09. The van der Waals surface area contributed by atoms with Crippen molar-refractivity contribution in [1.82, 2.24) is 9.36 Å². The molecule has 0 saturated carbocycles. The van der Waals surface area contributed by atoms with Gasteiger partial charge in [-0.1, -0.05) is 36.4 Å². The van der Waals surface area contributed by atoms with Gasteiger partial charge in [0.2, 0.25) is 0 Å². The Hall–Kier alpha value is -1.56. The van der Waals surface area contributed by atoms with E-state index in [-0.39, 0.29) is 13.1 Å². The van der Waals surface area contributed by atoms with Crippen LogP contribution in [-0.4, -0.2) is 21.8 Å². The molecular weight excluding hydrogens is 407 g/mol. The van der Waals surface area contributed by atoms with Crippen LogP contribution in [0.5, 0.6) is 0 Å². The molecule has 4 nitrogen and oxygen atoms in total. The minimum absolute atomic E-state index is 0.194. The molecule has 124 valence electrons. The van der Waals surface area contributed by atoms with Crippen LogP contribution in [-0.2, 0) is 13.1 Å². The summed E-state index contributed by atoms with van der Waals surface area (Å²) in [5, 5.41) is 0.758. The molecule has 0 amide bonds. The number of halogens is 2. The fourth-order valence-corrected chi connectivity index (χ4v) is 2.15. The number of aromatic nitrogens is 2. The van der Waals surface area contributed by atoms with E-state index >= 15 is 0 Å². The van der Waals surface area contributed by atoms with Crippen LogP contribution >= 0.6 is 31.7 Å². The quantitative estimate of drug-likeness (QED) is 0.419. The van der Waals surface area contributed by atoms with E-state index in [2.05, 4.69) is 19.3 Å². The van der Waals surface area contributed by atoms with E-state index < -0.39 is 0 Å². The third-order valence-corrected chi connectivity index (χ3v) is 3.29. The van der Waals surface area contributed by atoms with Gasteiger partial charge in [-0.2, -0.15) is 4.37 Å². The Morgan fingerprint density at radius 2 is 1.33 bits per heavy atom. The number of nitrogens with zero attached hydrogens (tertiary/aromatic N) is 4. The number of aliphatic imine (C=N–C) groups is 2. The molecule has 0 fully saturated rings. The van der Waals surface area contributed by atoms with E-state index in [1.54, 1.807) is 12.4 Å². The number of para-hydroxylation sites is 2. The molecule has 0 aliphatic carbocycles. The van der Waals surface area contributed by atoms with E-state index in [0.29, 0.717) is 5.82 Å². The van der Waals surface area contributed by atoms with Gasteiger partial charge in [0.25, 0.3) is 0 Å². The molecule has 1 aromatic heterocycles. The Morgan fingerprint density at radius 1 is 0.833 bits per heavy atom. The second-order valence-corrected chi connectivity index (χ2v) is 6.84. The van der Waals surface area contributed by atoms with Crippen molar-refractivity contribution in [3.8, 4) is 0 Å². The van der Waals surface area contributed by atoms with E-state index in [0.717, 1.165) is 16.4 Å². The SMILES string of the molecule is C(=Nc1ccccc1)c1nsc(C=Nc2ccccc2)n1.[Cl][Fe][Cl]. The molecule has 24 heavy (non-hydrogen) atoms. The van der Waals surface area contributed by atoms with Crippen molar-refractivity contribution in [2.75, 3.05) is 0 Å². The second-order valence-electron chi connectivity index (χ2n) is 4.23. The molecule has 3 aromatic rings. The Morgan fingerprint density at radius 3 is 1.88 bits per heavy atom. The molecule has 8 heteroatoms. The Bertz CT molecular complexity index is 715. The normalized spacial score (nSPS) is 10.9. The van der Waals surface area contributed by atoms with Crippen LogP contribution in [0.25, 0.3) is 0 Å². The molecule has 0 N–H and O–H groups in total. The van der Waals surface area contributed by atoms with Crippen molar-refractivity contribution in [1.29, 1.82) is 0 Å².